The highest BCUT2D eigenvalue weighted by Crippen LogP contribution is 2.41. The molecule has 2 aromatic rings. The normalized spacial score (nSPS) is 15.3. The van der Waals surface area contributed by atoms with E-state index >= 15 is 0 Å². The minimum absolute atomic E-state index is 0.111. The van der Waals surface area contributed by atoms with Gasteiger partial charge in [0.1, 0.15) is 23.8 Å². The zero-order valence-corrected chi connectivity index (χ0v) is 20.0. The van der Waals surface area contributed by atoms with E-state index in [0.717, 1.165) is 48.1 Å². The molecule has 6 nitrogen and oxygen atoms in total. The van der Waals surface area contributed by atoms with Crippen molar-refractivity contribution >= 4 is 29.6 Å². The first kappa shape index (κ1) is 22.8. The standard InChI is InChI=1S/C25H36N6/c1-8-10-11-12-19-16-20(27-17-26-19)28-21-15-18-13-14-31(9-2)25(6,7)22(18)23(29-21)30-24(3,4)5/h11-17H,8-10H2,1-7H3,(H2,26,27,28,29,30)/b12-11+. The zero-order valence-electron chi connectivity index (χ0n) is 20.0. The van der Waals surface area contributed by atoms with Crippen molar-refractivity contribution in [1.29, 1.82) is 0 Å². The summed E-state index contributed by atoms with van der Waals surface area (Å²) in [6.45, 7) is 16.3. The molecule has 0 bridgehead atoms. The fraction of sp³-hybridized carbons (Fsp3) is 0.480. The van der Waals surface area contributed by atoms with Gasteiger partial charge in [-0.15, -0.1) is 0 Å². The van der Waals surface area contributed by atoms with Crippen molar-refractivity contribution in [3.63, 3.8) is 0 Å². The molecular weight excluding hydrogens is 384 g/mol. The van der Waals surface area contributed by atoms with Crippen LogP contribution in [0.4, 0.5) is 17.5 Å². The molecule has 1 aliphatic rings. The van der Waals surface area contributed by atoms with E-state index in [1.165, 1.54) is 5.56 Å². The third-order valence-electron chi connectivity index (χ3n) is 5.34. The van der Waals surface area contributed by atoms with Crippen molar-refractivity contribution in [3.8, 4) is 0 Å². The third kappa shape index (κ3) is 5.43. The third-order valence-corrected chi connectivity index (χ3v) is 5.34. The van der Waals surface area contributed by atoms with Crippen LogP contribution in [0.15, 0.2) is 30.7 Å². The number of aromatic nitrogens is 3. The molecule has 0 unspecified atom stereocenters. The van der Waals surface area contributed by atoms with E-state index in [1.807, 2.05) is 12.1 Å². The van der Waals surface area contributed by atoms with E-state index < -0.39 is 0 Å². The summed E-state index contributed by atoms with van der Waals surface area (Å²) in [5.74, 6) is 2.39. The molecule has 166 valence electrons. The summed E-state index contributed by atoms with van der Waals surface area (Å²) in [5, 5.41) is 7.01. The monoisotopic (exact) mass is 420 g/mol. The molecule has 0 saturated heterocycles. The van der Waals surface area contributed by atoms with Crippen LogP contribution in [0.25, 0.3) is 12.2 Å². The van der Waals surface area contributed by atoms with Crippen molar-refractivity contribution < 1.29 is 0 Å². The molecule has 0 saturated carbocycles. The van der Waals surface area contributed by atoms with Gasteiger partial charge in [-0.3, -0.25) is 0 Å². The molecule has 0 fully saturated rings. The van der Waals surface area contributed by atoms with E-state index in [-0.39, 0.29) is 11.1 Å². The highest BCUT2D eigenvalue weighted by molar-refractivity contribution is 5.71. The summed E-state index contributed by atoms with van der Waals surface area (Å²) in [4.78, 5) is 16.0. The summed E-state index contributed by atoms with van der Waals surface area (Å²) in [7, 11) is 0. The van der Waals surface area contributed by atoms with E-state index in [4.69, 9.17) is 4.98 Å². The average molecular weight is 421 g/mol. The molecule has 0 spiro atoms. The Morgan fingerprint density at radius 1 is 1.10 bits per heavy atom. The number of hydrogen-bond donors (Lipinski definition) is 2. The molecule has 2 N–H and O–H groups in total. The molecule has 0 amide bonds. The predicted molar refractivity (Wildman–Crippen MR) is 131 cm³/mol. The fourth-order valence-corrected chi connectivity index (χ4v) is 3.88. The van der Waals surface area contributed by atoms with Crippen molar-refractivity contribution in [3.05, 3.63) is 47.6 Å². The number of anilines is 3. The molecule has 0 aliphatic carbocycles. The van der Waals surface area contributed by atoms with Gasteiger partial charge in [0.25, 0.3) is 0 Å². The zero-order chi connectivity index (χ0) is 22.6. The molecule has 6 heteroatoms. The fourth-order valence-electron chi connectivity index (χ4n) is 3.88. The van der Waals surface area contributed by atoms with Crippen molar-refractivity contribution in [2.24, 2.45) is 0 Å². The van der Waals surface area contributed by atoms with Crippen LogP contribution in [0.5, 0.6) is 0 Å². The smallest absolute Gasteiger partial charge is 0.135 e. The lowest BCUT2D eigenvalue weighted by Crippen LogP contribution is -2.41. The predicted octanol–water partition coefficient (Wildman–Crippen LogP) is 6.18. The Kier molecular flexibility index (Phi) is 6.68. The van der Waals surface area contributed by atoms with Crippen molar-refractivity contribution in [2.75, 3.05) is 17.2 Å². The van der Waals surface area contributed by atoms with Gasteiger partial charge in [0.15, 0.2) is 0 Å². The molecule has 1 aliphatic heterocycles. The van der Waals surface area contributed by atoms with E-state index in [1.54, 1.807) is 6.33 Å². The molecule has 0 atom stereocenters. The molecule has 0 aromatic carbocycles. The quantitative estimate of drug-likeness (QED) is 0.557. The topological polar surface area (TPSA) is 66.0 Å². The lowest BCUT2D eigenvalue weighted by molar-refractivity contribution is 0.193. The lowest BCUT2D eigenvalue weighted by Gasteiger charge is -2.43. The molecule has 31 heavy (non-hydrogen) atoms. The summed E-state index contributed by atoms with van der Waals surface area (Å²) < 4.78 is 0. The summed E-state index contributed by atoms with van der Waals surface area (Å²) in [5.41, 5.74) is 2.99. The second kappa shape index (κ2) is 9.08. The van der Waals surface area contributed by atoms with Crippen LogP contribution in [0.2, 0.25) is 0 Å². The van der Waals surface area contributed by atoms with Crippen LogP contribution in [-0.4, -0.2) is 31.9 Å². The van der Waals surface area contributed by atoms with Gasteiger partial charge < -0.3 is 15.5 Å². The number of nitrogens with one attached hydrogen (secondary N) is 2. The van der Waals surface area contributed by atoms with Gasteiger partial charge >= 0.3 is 0 Å². The minimum Gasteiger partial charge on any atom is -0.368 e. The lowest BCUT2D eigenvalue weighted by atomic mass is 9.85. The number of fused-ring (bicyclic) bond motifs is 1. The number of allylic oxidation sites excluding steroid dienone is 1. The SMILES string of the molecule is CCC/C=C/c1cc(Nc2cc3c(c(NC(C)(C)C)n2)C(C)(C)N(CC)C=C3)ncn1. The highest BCUT2D eigenvalue weighted by Gasteiger charge is 2.35. The van der Waals surface area contributed by atoms with Crippen LogP contribution in [0.3, 0.4) is 0 Å². The van der Waals surface area contributed by atoms with Gasteiger partial charge in [-0.1, -0.05) is 19.4 Å². The number of unbranched alkanes of at least 4 members (excludes halogenated alkanes) is 1. The molecular formula is C25H36N6. The Morgan fingerprint density at radius 2 is 1.87 bits per heavy atom. The molecule has 3 heterocycles. The molecule has 3 rings (SSSR count). The average Bonchev–Trinajstić information content (AvgIpc) is 2.67. The van der Waals surface area contributed by atoms with Gasteiger partial charge in [-0.05, 0) is 71.7 Å². The maximum Gasteiger partial charge on any atom is 0.135 e. The van der Waals surface area contributed by atoms with E-state index in [0.29, 0.717) is 0 Å². The summed E-state index contributed by atoms with van der Waals surface area (Å²) in [6, 6.07) is 4.05. The van der Waals surface area contributed by atoms with Crippen molar-refractivity contribution in [1.82, 2.24) is 19.9 Å². The van der Waals surface area contributed by atoms with Crippen LogP contribution < -0.4 is 10.6 Å². The maximum atomic E-state index is 4.97. The number of nitrogens with zero attached hydrogens (tertiary/aromatic N) is 4. The first-order valence-corrected chi connectivity index (χ1v) is 11.2. The van der Waals surface area contributed by atoms with E-state index in [9.17, 15) is 0 Å². The summed E-state index contributed by atoms with van der Waals surface area (Å²) in [6.07, 6.45) is 12.3. The van der Waals surface area contributed by atoms with Crippen LogP contribution in [-0.2, 0) is 5.54 Å². The van der Waals surface area contributed by atoms with Crippen LogP contribution in [0, 0.1) is 0 Å². The number of rotatable bonds is 7. The molecule has 0 radical (unpaired) electrons. The second-order valence-electron chi connectivity index (χ2n) is 9.50. The Bertz CT molecular complexity index is 968. The number of pyridine rings is 1. The summed E-state index contributed by atoms with van der Waals surface area (Å²) >= 11 is 0. The van der Waals surface area contributed by atoms with Gasteiger partial charge in [-0.25, -0.2) is 15.0 Å². The van der Waals surface area contributed by atoms with Gasteiger partial charge in [0, 0.05) is 29.9 Å². The second-order valence-corrected chi connectivity index (χ2v) is 9.50. The van der Waals surface area contributed by atoms with E-state index in [2.05, 4.69) is 98.4 Å². The Balaban J connectivity index is 2.00. The Morgan fingerprint density at radius 3 is 2.55 bits per heavy atom. The van der Waals surface area contributed by atoms with Gasteiger partial charge in [0.05, 0.1) is 11.2 Å². The Hall–Kier alpha value is -2.89. The van der Waals surface area contributed by atoms with Crippen LogP contribution in [0.1, 0.15) is 78.1 Å². The number of hydrogen-bond acceptors (Lipinski definition) is 6. The first-order chi connectivity index (χ1) is 14.6. The Labute approximate surface area is 186 Å². The largest absolute Gasteiger partial charge is 0.368 e. The van der Waals surface area contributed by atoms with Gasteiger partial charge in [-0.2, -0.15) is 0 Å². The van der Waals surface area contributed by atoms with Crippen LogP contribution >= 0.6 is 0 Å². The molecule has 2 aromatic heterocycles. The maximum absolute atomic E-state index is 4.97. The minimum atomic E-state index is -0.163. The highest BCUT2D eigenvalue weighted by atomic mass is 15.2. The van der Waals surface area contributed by atoms with Crippen molar-refractivity contribution in [2.45, 2.75) is 72.4 Å². The van der Waals surface area contributed by atoms with Gasteiger partial charge in [0.2, 0.25) is 0 Å². The first-order valence-electron chi connectivity index (χ1n) is 11.2.